The predicted octanol–water partition coefficient (Wildman–Crippen LogP) is 8.61. The van der Waals surface area contributed by atoms with Crippen LogP contribution in [0.1, 0.15) is 53.0 Å². The lowest BCUT2D eigenvalue weighted by Gasteiger charge is -2.24. The minimum absolute atomic E-state index is 0.238. The van der Waals surface area contributed by atoms with Gasteiger partial charge in [0, 0.05) is 48.3 Å². The number of rotatable bonds is 11. The molecule has 0 aliphatic carbocycles. The van der Waals surface area contributed by atoms with Crippen molar-refractivity contribution in [3.05, 3.63) is 109 Å². The minimum Gasteiger partial charge on any atom is -0.388 e. The molecular formula is C32H44FN3. The molecule has 1 aromatic heterocycles. The summed E-state index contributed by atoms with van der Waals surface area (Å²) in [6.07, 6.45) is 13.1. The molecule has 0 saturated heterocycles. The Kier molecular flexibility index (Phi) is 12.7. The van der Waals surface area contributed by atoms with E-state index in [9.17, 15) is 4.39 Å². The first-order chi connectivity index (χ1) is 17.0. The number of benzene rings is 1. The molecule has 1 unspecified atom stereocenters. The van der Waals surface area contributed by atoms with Crippen molar-refractivity contribution in [3.8, 4) is 0 Å². The average Bonchev–Trinajstić information content (AvgIpc) is 2.87. The molecule has 3 nitrogen and oxygen atoms in total. The van der Waals surface area contributed by atoms with E-state index in [1.54, 1.807) is 26.0 Å². The van der Waals surface area contributed by atoms with E-state index in [-0.39, 0.29) is 5.92 Å². The second kappa shape index (κ2) is 14.9. The quantitative estimate of drug-likeness (QED) is 0.320. The molecule has 1 heterocycles. The van der Waals surface area contributed by atoms with Gasteiger partial charge in [-0.1, -0.05) is 70.9 Å². The molecule has 0 bridgehead atoms. The fourth-order valence-electron chi connectivity index (χ4n) is 3.86. The molecule has 0 fully saturated rings. The van der Waals surface area contributed by atoms with Crippen LogP contribution in [0.2, 0.25) is 0 Å². The lowest BCUT2D eigenvalue weighted by molar-refractivity contribution is 0.246. The summed E-state index contributed by atoms with van der Waals surface area (Å²) in [7, 11) is 3.84. The molecule has 1 N–H and O–H groups in total. The van der Waals surface area contributed by atoms with E-state index in [0.29, 0.717) is 0 Å². The first-order valence-electron chi connectivity index (χ1n) is 12.6. The number of likely N-dealkylation sites (N-methyl/N-ethyl adjacent to an activating group) is 2. The summed E-state index contributed by atoms with van der Waals surface area (Å²) in [6, 6.07) is 10.3. The van der Waals surface area contributed by atoms with Crippen LogP contribution < -0.4 is 5.32 Å². The van der Waals surface area contributed by atoms with Gasteiger partial charge >= 0.3 is 0 Å². The molecule has 0 aliphatic heterocycles. The number of halogens is 1. The van der Waals surface area contributed by atoms with Gasteiger partial charge in [0.2, 0.25) is 0 Å². The number of pyridine rings is 1. The Balaban J connectivity index is 0.000000371. The van der Waals surface area contributed by atoms with Crippen LogP contribution in [0, 0.1) is 5.92 Å². The smallest absolute Gasteiger partial charge is 0.127 e. The second-order valence-corrected chi connectivity index (χ2v) is 9.12. The fourth-order valence-corrected chi connectivity index (χ4v) is 3.86. The summed E-state index contributed by atoms with van der Waals surface area (Å²) in [5, 5.41) is 4.18. The highest BCUT2D eigenvalue weighted by Crippen LogP contribution is 2.30. The molecule has 0 aliphatic rings. The van der Waals surface area contributed by atoms with Crippen molar-refractivity contribution in [2.45, 2.75) is 53.1 Å². The van der Waals surface area contributed by atoms with Crippen molar-refractivity contribution >= 4 is 16.6 Å². The number of hydrogen-bond acceptors (Lipinski definition) is 3. The highest BCUT2D eigenvalue weighted by Gasteiger charge is 2.25. The predicted molar refractivity (Wildman–Crippen MR) is 157 cm³/mol. The third-order valence-corrected chi connectivity index (χ3v) is 6.07. The molecular weight excluding hydrogens is 445 g/mol. The molecule has 1 aromatic carbocycles. The topological polar surface area (TPSA) is 28.2 Å². The third-order valence-electron chi connectivity index (χ3n) is 6.07. The number of hydrogen-bond donors (Lipinski definition) is 1. The lowest BCUT2D eigenvalue weighted by atomic mass is 9.86. The van der Waals surface area contributed by atoms with Crippen LogP contribution in [0.5, 0.6) is 0 Å². The van der Waals surface area contributed by atoms with Gasteiger partial charge in [-0.3, -0.25) is 4.98 Å². The highest BCUT2D eigenvalue weighted by atomic mass is 19.1. The van der Waals surface area contributed by atoms with E-state index in [1.807, 2.05) is 57.6 Å². The molecule has 194 valence electrons. The molecule has 0 saturated carbocycles. The maximum Gasteiger partial charge on any atom is 0.127 e. The Morgan fingerprint density at radius 2 is 1.89 bits per heavy atom. The van der Waals surface area contributed by atoms with Gasteiger partial charge in [0.25, 0.3) is 0 Å². The van der Waals surface area contributed by atoms with E-state index in [2.05, 4.69) is 67.0 Å². The van der Waals surface area contributed by atoms with Crippen LogP contribution in [0.3, 0.4) is 0 Å². The van der Waals surface area contributed by atoms with Crippen LogP contribution in [-0.2, 0) is 0 Å². The zero-order valence-corrected chi connectivity index (χ0v) is 23.2. The largest absolute Gasteiger partial charge is 0.388 e. The maximum atomic E-state index is 14.1. The van der Waals surface area contributed by atoms with E-state index in [1.165, 1.54) is 5.56 Å². The van der Waals surface area contributed by atoms with Crippen molar-refractivity contribution in [3.63, 3.8) is 0 Å². The number of allylic oxidation sites excluding steroid dienone is 6. The molecule has 36 heavy (non-hydrogen) atoms. The number of aromatic nitrogens is 1. The van der Waals surface area contributed by atoms with Crippen LogP contribution in [-0.4, -0.2) is 29.6 Å². The average molecular weight is 490 g/mol. The number of alkyl halides is 1. The van der Waals surface area contributed by atoms with Gasteiger partial charge < -0.3 is 10.2 Å². The van der Waals surface area contributed by atoms with Gasteiger partial charge in [-0.15, -0.1) is 0 Å². The van der Waals surface area contributed by atoms with Gasteiger partial charge in [-0.2, -0.15) is 0 Å². The lowest BCUT2D eigenvalue weighted by Crippen LogP contribution is -2.22. The van der Waals surface area contributed by atoms with Crippen LogP contribution in [0.4, 0.5) is 4.39 Å². The monoisotopic (exact) mass is 489 g/mol. The molecule has 0 amide bonds. The van der Waals surface area contributed by atoms with Gasteiger partial charge in [0.15, 0.2) is 0 Å². The van der Waals surface area contributed by atoms with E-state index in [0.717, 1.165) is 46.4 Å². The zero-order chi connectivity index (χ0) is 27.3. The zero-order valence-electron chi connectivity index (χ0n) is 23.2. The molecule has 1 atom stereocenters. The van der Waals surface area contributed by atoms with E-state index in [4.69, 9.17) is 0 Å². The van der Waals surface area contributed by atoms with Crippen LogP contribution in [0.25, 0.3) is 16.6 Å². The Labute approximate surface area is 218 Å². The number of fused-ring (bicyclic) bond motifs is 1. The summed E-state index contributed by atoms with van der Waals surface area (Å²) in [5.41, 5.74) is 4.61. The van der Waals surface area contributed by atoms with Gasteiger partial charge in [0.05, 0.1) is 5.52 Å². The Morgan fingerprint density at radius 3 is 2.42 bits per heavy atom. The van der Waals surface area contributed by atoms with Crippen molar-refractivity contribution in [2.24, 2.45) is 5.92 Å². The van der Waals surface area contributed by atoms with Crippen molar-refractivity contribution in [1.82, 2.24) is 15.2 Å². The molecule has 2 aromatic rings. The van der Waals surface area contributed by atoms with Gasteiger partial charge in [-0.05, 0) is 68.5 Å². The normalized spacial score (nSPS) is 13.4. The summed E-state index contributed by atoms with van der Waals surface area (Å²) < 4.78 is 14.1. The summed E-state index contributed by atoms with van der Waals surface area (Å²) in [4.78, 5) is 6.49. The SMILES string of the molecule is C=C/C=C(\C=C(/C(C)CC)C(C)(C)F)NC.C=CC(=C)N(C)/C(=C\CC)c1cccc2ncccc12. The Hall–Kier alpha value is -3.40. The highest BCUT2D eigenvalue weighted by molar-refractivity contribution is 5.91. The fraction of sp³-hybridized carbons (Fsp3) is 0.344. The number of nitrogens with zero attached hydrogens (tertiary/aromatic N) is 2. The van der Waals surface area contributed by atoms with E-state index < -0.39 is 5.67 Å². The summed E-state index contributed by atoms with van der Waals surface area (Å²) in [5.74, 6) is 0.238. The standard InChI is InChI=1S/C18H20N2.C14H24FN/c1-5-9-18(20(4)14(3)6-2)16-10-7-12-17-15(16)11-8-13-19-17;1-7-9-12(16-6)10-13(11(3)8-2)14(4,5)15/h6-13H,2-3,5H2,1,4H3;7,9-11,16H,1,8H2,2-6H3/b18-9-;12-9+,13-10+. The molecule has 0 radical (unpaired) electrons. The first kappa shape index (κ1) is 30.6. The molecule has 4 heteroatoms. The first-order valence-corrected chi connectivity index (χ1v) is 12.6. The van der Waals surface area contributed by atoms with E-state index >= 15 is 0 Å². The van der Waals surface area contributed by atoms with Crippen LogP contribution >= 0.6 is 0 Å². The van der Waals surface area contributed by atoms with Crippen molar-refractivity contribution < 1.29 is 4.39 Å². The minimum atomic E-state index is -1.29. The van der Waals surface area contributed by atoms with Crippen LogP contribution in [0.15, 0.2) is 104 Å². The van der Waals surface area contributed by atoms with Crippen molar-refractivity contribution in [2.75, 3.05) is 14.1 Å². The molecule has 0 spiro atoms. The van der Waals surface area contributed by atoms with Crippen molar-refractivity contribution in [1.29, 1.82) is 0 Å². The second-order valence-electron chi connectivity index (χ2n) is 9.12. The van der Waals surface area contributed by atoms with Gasteiger partial charge in [0.1, 0.15) is 5.67 Å². The molecule has 2 rings (SSSR count). The maximum absolute atomic E-state index is 14.1. The third kappa shape index (κ3) is 8.67. The summed E-state index contributed by atoms with van der Waals surface area (Å²) >= 11 is 0. The Morgan fingerprint density at radius 1 is 1.19 bits per heavy atom. The number of nitrogens with one attached hydrogen (secondary N) is 1. The van der Waals surface area contributed by atoms with Gasteiger partial charge in [-0.25, -0.2) is 4.39 Å². The summed E-state index contributed by atoms with van der Waals surface area (Å²) in [6.45, 7) is 20.9. The Bertz CT molecular complexity index is 1110.